The highest BCUT2D eigenvalue weighted by atomic mass is 16.3. The van der Waals surface area contributed by atoms with Gasteiger partial charge in [-0.25, -0.2) is 0 Å². The van der Waals surface area contributed by atoms with Crippen molar-refractivity contribution in [3.8, 4) is 0 Å². The van der Waals surface area contributed by atoms with Gasteiger partial charge in [0.25, 0.3) is 0 Å². The van der Waals surface area contributed by atoms with E-state index in [0.29, 0.717) is 16.9 Å². The number of benzene rings is 1. The lowest BCUT2D eigenvalue weighted by molar-refractivity contribution is 0.602. The summed E-state index contributed by atoms with van der Waals surface area (Å²) in [4.78, 5) is 11.7. The quantitative estimate of drug-likeness (QED) is 0.798. The molecule has 0 aliphatic heterocycles. The SMILES string of the molecule is O=c1ccoc2ccc(/C=C/C3C=CC=C3)cc12. The van der Waals surface area contributed by atoms with Gasteiger partial charge in [-0.05, 0) is 17.7 Å². The molecule has 0 amide bonds. The topological polar surface area (TPSA) is 30.2 Å². The van der Waals surface area contributed by atoms with Gasteiger partial charge in [-0.15, -0.1) is 0 Å². The Labute approximate surface area is 105 Å². The van der Waals surface area contributed by atoms with Crippen molar-refractivity contribution in [3.63, 3.8) is 0 Å². The summed E-state index contributed by atoms with van der Waals surface area (Å²) >= 11 is 0. The van der Waals surface area contributed by atoms with E-state index >= 15 is 0 Å². The van der Waals surface area contributed by atoms with Crippen LogP contribution in [0.2, 0.25) is 0 Å². The van der Waals surface area contributed by atoms with E-state index in [1.54, 1.807) is 0 Å². The second-order valence-electron chi connectivity index (χ2n) is 4.25. The van der Waals surface area contributed by atoms with Gasteiger partial charge in [-0.2, -0.15) is 0 Å². The van der Waals surface area contributed by atoms with E-state index in [2.05, 4.69) is 18.2 Å². The fraction of sp³-hybridized carbons (Fsp3) is 0.0625. The molecular weight excluding hydrogens is 224 g/mol. The summed E-state index contributed by atoms with van der Waals surface area (Å²) in [6, 6.07) is 7.08. The summed E-state index contributed by atoms with van der Waals surface area (Å²) in [5.41, 5.74) is 1.63. The normalized spacial score (nSPS) is 15.1. The van der Waals surface area contributed by atoms with E-state index in [-0.39, 0.29) is 5.43 Å². The third kappa shape index (κ3) is 2.05. The molecule has 0 N–H and O–H groups in total. The molecule has 1 heterocycles. The van der Waals surface area contributed by atoms with Crippen molar-refractivity contribution in [1.82, 2.24) is 0 Å². The molecule has 3 rings (SSSR count). The van der Waals surface area contributed by atoms with E-state index < -0.39 is 0 Å². The van der Waals surface area contributed by atoms with Gasteiger partial charge in [-0.3, -0.25) is 4.79 Å². The Morgan fingerprint density at radius 1 is 1.11 bits per heavy atom. The highest BCUT2D eigenvalue weighted by molar-refractivity contribution is 5.79. The summed E-state index contributed by atoms with van der Waals surface area (Å²) in [6.07, 6.45) is 13.8. The van der Waals surface area contributed by atoms with Gasteiger partial charge in [-0.1, -0.05) is 42.5 Å². The van der Waals surface area contributed by atoms with E-state index in [0.717, 1.165) is 5.56 Å². The first-order valence-electron chi connectivity index (χ1n) is 5.88. The van der Waals surface area contributed by atoms with Gasteiger partial charge in [0, 0.05) is 12.0 Å². The zero-order valence-electron chi connectivity index (χ0n) is 9.74. The van der Waals surface area contributed by atoms with Crippen LogP contribution in [0, 0.1) is 5.92 Å². The van der Waals surface area contributed by atoms with Gasteiger partial charge >= 0.3 is 0 Å². The Kier molecular flexibility index (Phi) is 2.69. The minimum absolute atomic E-state index is 0.00726. The average molecular weight is 236 g/mol. The molecule has 0 saturated carbocycles. The van der Waals surface area contributed by atoms with Crippen molar-refractivity contribution < 1.29 is 4.42 Å². The highest BCUT2D eigenvalue weighted by Gasteiger charge is 2.01. The van der Waals surface area contributed by atoms with Crippen LogP contribution in [0.4, 0.5) is 0 Å². The van der Waals surface area contributed by atoms with Crippen molar-refractivity contribution in [3.05, 3.63) is 76.7 Å². The predicted molar refractivity (Wildman–Crippen MR) is 73.3 cm³/mol. The van der Waals surface area contributed by atoms with Crippen molar-refractivity contribution in [2.45, 2.75) is 0 Å². The van der Waals surface area contributed by atoms with Crippen LogP contribution in [0.5, 0.6) is 0 Å². The number of fused-ring (bicyclic) bond motifs is 1. The molecular formula is C16H12O2. The standard InChI is InChI=1S/C16H12O2/c17-15-9-10-18-16-8-7-13(11-14(15)16)6-5-12-3-1-2-4-12/h1-12H/b6-5+. The minimum Gasteiger partial charge on any atom is -0.464 e. The number of rotatable bonds is 2. The molecule has 2 nitrogen and oxygen atoms in total. The second-order valence-corrected chi connectivity index (χ2v) is 4.25. The molecule has 88 valence electrons. The van der Waals surface area contributed by atoms with E-state index in [9.17, 15) is 4.79 Å². The van der Waals surface area contributed by atoms with Crippen molar-refractivity contribution >= 4 is 17.0 Å². The van der Waals surface area contributed by atoms with Gasteiger partial charge in [0.05, 0.1) is 11.6 Å². The molecule has 1 aromatic heterocycles. The minimum atomic E-state index is -0.00726. The van der Waals surface area contributed by atoms with Crippen LogP contribution in [-0.2, 0) is 0 Å². The fourth-order valence-corrected chi connectivity index (χ4v) is 2.01. The second kappa shape index (κ2) is 4.49. The maximum Gasteiger partial charge on any atom is 0.192 e. The molecule has 1 aliphatic rings. The fourth-order valence-electron chi connectivity index (χ4n) is 2.01. The monoisotopic (exact) mass is 236 g/mol. The lowest BCUT2D eigenvalue weighted by atomic mass is 10.1. The van der Waals surface area contributed by atoms with Crippen molar-refractivity contribution in [2.24, 2.45) is 5.92 Å². The van der Waals surface area contributed by atoms with Crippen LogP contribution in [0.3, 0.4) is 0 Å². The molecule has 0 atom stereocenters. The Hall–Kier alpha value is -2.35. The smallest absolute Gasteiger partial charge is 0.192 e. The Bertz CT molecular complexity index is 705. The van der Waals surface area contributed by atoms with E-state index in [1.165, 1.54) is 12.3 Å². The maximum absolute atomic E-state index is 11.7. The Balaban J connectivity index is 1.98. The molecule has 2 heteroatoms. The molecule has 18 heavy (non-hydrogen) atoms. The molecule has 1 aliphatic carbocycles. The molecule has 0 saturated heterocycles. The van der Waals surface area contributed by atoms with Crippen LogP contribution in [-0.4, -0.2) is 0 Å². The van der Waals surface area contributed by atoms with Gasteiger partial charge < -0.3 is 4.42 Å². The Morgan fingerprint density at radius 3 is 2.78 bits per heavy atom. The molecule has 0 radical (unpaired) electrons. The van der Waals surface area contributed by atoms with Crippen LogP contribution in [0.15, 0.2) is 70.1 Å². The lowest BCUT2D eigenvalue weighted by Crippen LogP contribution is -1.97. The molecule has 0 spiro atoms. The average Bonchev–Trinajstić information content (AvgIpc) is 2.90. The molecule has 0 unspecified atom stereocenters. The molecule has 0 bridgehead atoms. The molecule has 2 aromatic rings. The van der Waals surface area contributed by atoms with Crippen molar-refractivity contribution in [1.29, 1.82) is 0 Å². The number of allylic oxidation sites excluding steroid dienone is 5. The predicted octanol–water partition coefficient (Wildman–Crippen LogP) is 3.55. The van der Waals surface area contributed by atoms with E-state index in [1.807, 2.05) is 36.4 Å². The van der Waals surface area contributed by atoms with Crippen LogP contribution < -0.4 is 5.43 Å². The third-order valence-electron chi connectivity index (χ3n) is 2.97. The number of hydrogen-bond acceptors (Lipinski definition) is 2. The summed E-state index contributed by atoms with van der Waals surface area (Å²) < 4.78 is 5.28. The third-order valence-corrected chi connectivity index (χ3v) is 2.97. The zero-order chi connectivity index (χ0) is 12.4. The first-order valence-corrected chi connectivity index (χ1v) is 5.88. The van der Waals surface area contributed by atoms with Gasteiger partial charge in [0.15, 0.2) is 5.43 Å². The summed E-state index contributed by atoms with van der Waals surface area (Å²) in [6.45, 7) is 0. The van der Waals surface area contributed by atoms with Gasteiger partial charge in [0.1, 0.15) is 5.58 Å². The van der Waals surface area contributed by atoms with Crippen LogP contribution in [0.25, 0.3) is 17.0 Å². The van der Waals surface area contributed by atoms with Crippen LogP contribution in [0.1, 0.15) is 5.56 Å². The Morgan fingerprint density at radius 2 is 1.94 bits per heavy atom. The summed E-state index contributed by atoms with van der Waals surface area (Å²) in [5.74, 6) is 0.355. The first kappa shape index (κ1) is 10.8. The maximum atomic E-state index is 11.7. The largest absolute Gasteiger partial charge is 0.464 e. The van der Waals surface area contributed by atoms with E-state index in [4.69, 9.17) is 4.42 Å². The molecule has 1 aromatic carbocycles. The molecule has 0 fully saturated rings. The van der Waals surface area contributed by atoms with Crippen LogP contribution >= 0.6 is 0 Å². The van der Waals surface area contributed by atoms with Crippen molar-refractivity contribution in [2.75, 3.05) is 0 Å². The summed E-state index contributed by atoms with van der Waals surface area (Å²) in [5, 5.41) is 0.622. The highest BCUT2D eigenvalue weighted by Crippen LogP contribution is 2.16. The zero-order valence-corrected chi connectivity index (χ0v) is 9.74. The lowest BCUT2D eigenvalue weighted by Gasteiger charge is -1.99. The number of hydrogen-bond donors (Lipinski definition) is 0. The summed E-state index contributed by atoms with van der Waals surface area (Å²) in [7, 11) is 0. The first-order chi connectivity index (χ1) is 8.83. The van der Waals surface area contributed by atoms with Gasteiger partial charge in [0.2, 0.25) is 0 Å².